The van der Waals surface area contributed by atoms with Crippen molar-refractivity contribution in [1.82, 2.24) is 14.9 Å². The Kier molecular flexibility index (Phi) is 5.38. The molecule has 1 aliphatic heterocycles. The van der Waals surface area contributed by atoms with Gasteiger partial charge in [-0.05, 0) is 18.2 Å². The van der Waals surface area contributed by atoms with Gasteiger partial charge in [0.25, 0.3) is 0 Å². The van der Waals surface area contributed by atoms with Crippen molar-refractivity contribution in [3.8, 4) is 0 Å². The largest absolute Gasteiger partial charge is 0.352 e. The lowest BCUT2D eigenvalue weighted by Crippen LogP contribution is -2.32. The maximum absolute atomic E-state index is 12.1. The molecule has 1 aromatic rings. The summed E-state index contributed by atoms with van der Waals surface area (Å²) in [5.41, 5.74) is 1.39. The molecule has 0 aliphatic carbocycles. The molecule has 2 amide bonds. The summed E-state index contributed by atoms with van der Waals surface area (Å²) in [7, 11) is -0.335. The Morgan fingerprint density at radius 1 is 1.30 bits per heavy atom. The van der Waals surface area contributed by atoms with E-state index < -0.39 is 10.0 Å². The average Bonchev–Trinajstić information content (AvgIpc) is 2.85. The zero-order valence-electron chi connectivity index (χ0n) is 13.2. The molecule has 1 aliphatic rings. The van der Waals surface area contributed by atoms with Gasteiger partial charge in [-0.1, -0.05) is 24.3 Å². The second-order valence-corrected chi connectivity index (χ2v) is 7.55. The van der Waals surface area contributed by atoms with Gasteiger partial charge in [-0.15, -0.1) is 0 Å². The molecule has 1 unspecified atom stereocenters. The van der Waals surface area contributed by atoms with E-state index in [1.165, 1.54) is 11.9 Å². The van der Waals surface area contributed by atoms with Crippen LogP contribution in [0.3, 0.4) is 0 Å². The molecule has 23 heavy (non-hydrogen) atoms. The maximum Gasteiger partial charge on any atom is 0.225 e. The highest BCUT2D eigenvalue weighted by Gasteiger charge is 2.31. The zero-order valence-corrected chi connectivity index (χ0v) is 14.0. The van der Waals surface area contributed by atoms with E-state index >= 15 is 0 Å². The van der Waals surface area contributed by atoms with E-state index in [2.05, 4.69) is 10.0 Å². The highest BCUT2D eigenvalue weighted by atomic mass is 32.2. The zero-order chi connectivity index (χ0) is 17.0. The predicted octanol–water partition coefficient (Wildman–Crippen LogP) is -0.170. The molecule has 126 valence electrons. The van der Waals surface area contributed by atoms with Gasteiger partial charge in [0.1, 0.15) is 0 Å². The number of sulfonamides is 1. The summed E-state index contributed by atoms with van der Waals surface area (Å²) in [5, 5.41) is 2.79. The van der Waals surface area contributed by atoms with Crippen molar-refractivity contribution < 1.29 is 18.0 Å². The third-order valence-electron chi connectivity index (χ3n) is 3.94. The molecule has 1 heterocycles. The van der Waals surface area contributed by atoms with Gasteiger partial charge in [-0.3, -0.25) is 9.59 Å². The molecule has 2 N–H and O–H groups in total. The van der Waals surface area contributed by atoms with E-state index in [1.54, 1.807) is 31.3 Å². The first-order valence-corrected chi connectivity index (χ1v) is 8.97. The topological polar surface area (TPSA) is 95.6 Å². The van der Waals surface area contributed by atoms with Gasteiger partial charge in [0.05, 0.1) is 11.7 Å². The Labute approximate surface area is 136 Å². The summed E-state index contributed by atoms with van der Waals surface area (Å²) in [5.74, 6) is -0.708. The van der Waals surface area contributed by atoms with Crippen LogP contribution in [0.5, 0.6) is 0 Å². The third kappa shape index (κ3) is 4.52. The molecule has 8 heteroatoms. The Morgan fingerprint density at radius 3 is 2.52 bits per heavy atom. The van der Waals surface area contributed by atoms with E-state index in [0.29, 0.717) is 12.1 Å². The van der Waals surface area contributed by atoms with Crippen LogP contribution in [0, 0.1) is 5.92 Å². The number of likely N-dealkylation sites (tertiary alicyclic amines) is 1. The Morgan fingerprint density at radius 2 is 1.96 bits per heavy atom. The van der Waals surface area contributed by atoms with Crippen molar-refractivity contribution in [2.75, 3.05) is 20.6 Å². The van der Waals surface area contributed by atoms with Gasteiger partial charge in [0.15, 0.2) is 0 Å². The summed E-state index contributed by atoms with van der Waals surface area (Å²) in [6.07, 6.45) is 0.220. The standard InChI is InChI=1S/C15H21N3O4S/c1-16-23(21,22)10-12-6-4-3-5-11(12)8-17-15(20)13-7-14(19)18(2)9-13/h3-6,13,16H,7-10H2,1-2H3,(H,17,20). The smallest absolute Gasteiger partial charge is 0.225 e. The summed E-state index contributed by atoms with van der Waals surface area (Å²) in [6, 6.07) is 7.07. The van der Waals surface area contributed by atoms with Crippen molar-refractivity contribution in [3.63, 3.8) is 0 Å². The molecule has 0 aromatic heterocycles. The van der Waals surface area contributed by atoms with Crippen LogP contribution >= 0.6 is 0 Å². The molecule has 1 atom stereocenters. The first-order chi connectivity index (χ1) is 10.8. The minimum atomic E-state index is -3.38. The van der Waals surface area contributed by atoms with Crippen molar-refractivity contribution in [3.05, 3.63) is 35.4 Å². The Hall–Kier alpha value is -1.93. The SMILES string of the molecule is CNS(=O)(=O)Cc1ccccc1CNC(=O)C1CC(=O)N(C)C1. The van der Waals surface area contributed by atoms with Gasteiger partial charge >= 0.3 is 0 Å². The lowest BCUT2D eigenvalue weighted by molar-refractivity contribution is -0.128. The summed E-state index contributed by atoms with van der Waals surface area (Å²) >= 11 is 0. The second-order valence-electron chi connectivity index (χ2n) is 5.63. The number of nitrogens with zero attached hydrogens (tertiary/aromatic N) is 1. The molecule has 2 rings (SSSR count). The first-order valence-electron chi connectivity index (χ1n) is 7.32. The number of rotatable bonds is 6. The molecule has 7 nitrogen and oxygen atoms in total. The van der Waals surface area contributed by atoms with Crippen LogP contribution in [-0.4, -0.2) is 45.8 Å². The van der Waals surface area contributed by atoms with Crippen molar-refractivity contribution in [2.45, 2.75) is 18.7 Å². The number of hydrogen-bond acceptors (Lipinski definition) is 4. The normalized spacial score (nSPS) is 18.3. The number of benzene rings is 1. The molecule has 0 saturated carbocycles. The molecule has 1 saturated heterocycles. The fourth-order valence-electron chi connectivity index (χ4n) is 2.51. The Balaban J connectivity index is 2.01. The number of carbonyl (C=O) groups excluding carboxylic acids is 2. The number of amides is 2. The number of hydrogen-bond donors (Lipinski definition) is 2. The van der Waals surface area contributed by atoms with Crippen molar-refractivity contribution in [1.29, 1.82) is 0 Å². The van der Waals surface area contributed by atoms with Crippen LogP contribution in [0.1, 0.15) is 17.5 Å². The maximum atomic E-state index is 12.1. The molecular weight excluding hydrogens is 318 g/mol. The molecule has 0 bridgehead atoms. The fourth-order valence-corrected chi connectivity index (χ4v) is 3.35. The lowest BCUT2D eigenvalue weighted by Gasteiger charge is -2.13. The highest BCUT2D eigenvalue weighted by molar-refractivity contribution is 7.88. The number of nitrogens with one attached hydrogen (secondary N) is 2. The summed E-state index contributed by atoms with van der Waals surface area (Å²) in [6.45, 7) is 0.656. The van der Waals surface area contributed by atoms with Crippen LogP contribution in [0.15, 0.2) is 24.3 Å². The number of carbonyl (C=O) groups is 2. The Bertz CT molecular complexity index is 702. The van der Waals surface area contributed by atoms with Crippen LogP contribution in [-0.2, 0) is 31.9 Å². The van der Waals surface area contributed by atoms with Crippen LogP contribution in [0.25, 0.3) is 0 Å². The molecule has 1 fully saturated rings. The van der Waals surface area contributed by atoms with E-state index in [-0.39, 0.29) is 36.5 Å². The second kappa shape index (κ2) is 7.10. The minimum Gasteiger partial charge on any atom is -0.352 e. The summed E-state index contributed by atoms with van der Waals surface area (Å²) in [4.78, 5) is 25.2. The summed E-state index contributed by atoms with van der Waals surface area (Å²) < 4.78 is 25.7. The molecule has 1 aromatic carbocycles. The lowest BCUT2D eigenvalue weighted by atomic mass is 10.1. The van der Waals surface area contributed by atoms with E-state index in [1.807, 2.05) is 0 Å². The van der Waals surface area contributed by atoms with Gasteiger partial charge in [-0.25, -0.2) is 13.1 Å². The van der Waals surface area contributed by atoms with Gasteiger partial charge < -0.3 is 10.2 Å². The van der Waals surface area contributed by atoms with E-state index in [0.717, 1.165) is 5.56 Å². The predicted molar refractivity (Wildman–Crippen MR) is 85.7 cm³/mol. The first kappa shape index (κ1) is 17.4. The molecular formula is C15H21N3O4S. The monoisotopic (exact) mass is 339 g/mol. The van der Waals surface area contributed by atoms with Gasteiger partial charge in [0, 0.05) is 26.6 Å². The average molecular weight is 339 g/mol. The van der Waals surface area contributed by atoms with Gasteiger partial charge in [0.2, 0.25) is 21.8 Å². The third-order valence-corrected chi connectivity index (χ3v) is 5.25. The van der Waals surface area contributed by atoms with E-state index in [9.17, 15) is 18.0 Å². The van der Waals surface area contributed by atoms with Crippen LogP contribution < -0.4 is 10.0 Å². The molecule has 0 radical (unpaired) electrons. The van der Waals surface area contributed by atoms with Crippen molar-refractivity contribution in [2.24, 2.45) is 5.92 Å². The highest BCUT2D eigenvalue weighted by Crippen LogP contribution is 2.17. The van der Waals surface area contributed by atoms with Crippen molar-refractivity contribution >= 4 is 21.8 Å². The van der Waals surface area contributed by atoms with Crippen LogP contribution in [0.4, 0.5) is 0 Å². The minimum absolute atomic E-state index is 0.0364. The fraction of sp³-hybridized carbons (Fsp3) is 0.467. The van der Waals surface area contributed by atoms with Gasteiger partial charge in [-0.2, -0.15) is 0 Å². The quantitative estimate of drug-likeness (QED) is 0.752. The van der Waals surface area contributed by atoms with Crippen LogP contribution in [0.2, 0.25) is 0 Å². The van der Waals surface area contributed by atoms with E-state index in [4.69, 9.17) is 0 Å². The molecule has 0 spiro atoms.